The molecule has 0 atom stereocenters. The number of rotatable bonds is 5. The van der Waals surface area contributed by atoms with Gasteiger partial charge in [0.2, 0.25) is 0 Å². The van der Waals surface area contributed by atoms with E-state index < -0.39 is 0 Å². The number of hydrogen-bond acceptors (Lipinski definition) is 0. The first-order valence-electron chi connectivity index (χ1n) is 6.58. The molecule has 18 heavy (non-hydrogen) atoms. The first kappa shape index (κ1) is 15.1. The maximum absolute atomic E-state index is 3.76. The van der Waals surface area contributed by atoms with E-state index in [1.807, 2.05) is 0 Å². The summed E-state index contributed by atoms with van der Waals surface area (Å²) in [5, 5.41) is 2.05. The largest absolute Gasteiger partial charge is 0.0918 e. The van der Waals surface area contributed by atoms with Crippen LogP contribution in [0.25, 0.3) is 0 Å². The van der Waals surface area contributed by atoms with E-state index in [4.69, 9.17) is 0 Å². The first-order chi connectivity index (χ1) is 8.70. The average molecular weight is 439 g/mol. The van der Waals surface area contributed by atoms with Gasteiger partial charge in [0, 0.05) is 20.5 Å². The lowest BCUT2D eigenvalue weighted by atomic mass is 9.76. The molecule has 3 heteroatoms. The molecule has 0 spiro atoms. The van der Waals surface area contributed by atoms with Crippen molar-refractivity contribution in [1.82, 2.24) is 0 Å². The quantitative estimate of drug-likeness (QED) is 0.490. The van der Waals surface area contributed by atoms with Gasteiger partial charge in [-0.15, -0.1) is 0 Å². The molecule has 1 aliphatic carbocycles. The zero-order chi connectivity index (χ0) is 13.0. The second-order valence-electron chi connectivity index (χ2n) is 5.41. The second kappa shape index (κ2) is 6.90. The minimum Gasteiger partial charge on any atom is -0.0918 e. The van der Waals surface area contributed by atoms with Crippen LogP contribution in [0.3, 0.4) is 0 Å². The van der Waals surface area contributed by atoms with Crippen molar-refractivity contribution in [1.29, 1.82) is 0 Å². The maximum Gasteiger partial charge on any atom is 0.0178 e. The summed E-state index contributed by atoms with van der Waals surface area (Å²) in [6.07, 6.45) is 6.96. The van der Waals surface area contributed by atoms with Crippen molar-refractivity contribution in [3.63, 3.8) is 0 Å². The molecule has 0 radical (unpaired) electrons. The van der Waals surface area contributed by atoms with Gasteiger partial charge in [0.15, 0.2) is 0 Å². The molecule has 1 aromatic rings. The van der Waals surface area contributed by atoms with Gasteiger partial charge >= 0.3 is 0 Å². The van der Waals surface area contributed by atoms with Crippen LogP contribution in [0.2, 0.25) is 0 Å². The molecule has 0 nitrogen and oxygen atoms in total. The number of benzene rings is 1. The Morgan fingerprint density at radius 1 is 1.11 bits per heavy atom. The Bertz CT molecular complexity index is 379. The Hall–Kier alpha value is 0.660. The highest BCUT2D eigenvalue weighted by molar-refractivity contribution is 9.10. The topological polar surface area (TPSA) is 0 Å². The van der Waals surface area contributed by atoms with E-state index >= 15 is 0 Å². The fourth-order valence-corrected chi connectivity index (χ4v) is 5.44. The summed E-state index contributed by atoms with van der Waals surface area (Å²) in [4.78, 5) is 0. The molecule has 1 aliphatic rings. The predicted molar refractivity (Wildman–Crippen MR) is 90.0 cm³/mol. The zero-order valence-corrected chi connectivity index (χ0v) is 15.2. The van der Waals surface area contributed by atoms with Crippen molar-refractivity contribution in [2.24, 2.45) is 5.92 Å². The van der Waals surface area contributed by atoms with Crippen LogP contribution in [0, 0.1) is 5.92 Å². The van der Waals surface area contributed by atoms with E-state index in [2.05, 4.69) is 72.1 Å². The number of halogens is 3. The van der Waals surface area contributed by atoms with Crippen molar-refractivity contribution in [3.05, 3.63) is 34.3 Å². The number of alkyl halides is 2. The summed E-state index contributed by atoms with van der Waals surface area (Å²) >= 11 is 11.1. The molecule has 100 valence electrons. The van der Waals surface area contributed by atoms with Crippen LogP contribution in [0.15, 0.2) is 28.7 Å². The Balaban J connectivity index is 2.24. The van der Waals surface area contributed by atoms with Crippen LogP contribution in [0.1, 0.15) is 37.7 Å². The summed E-state index contributed by atoms with van der Waals surface area (Å²) in [6.45, 7) is 0. The summed E-state index contributed by atoms with van der Waals surface area (Å²) in [5.41, 5.74) is 1.68. The number of hydrogen-bond donors (Lipinski definition) is 0. The SMILES string of the molecule is BrCC(CBr)(CC1CCCC1)c1cccc(Br)c1. The molecule has 0 unspecified atom stereocenters. The minimum absolute atomic E-state index is 0.235. The Labute approximate surface area is 135 Å². The molecule has 0 saturated heterocycles. The highest BCUT2D eigenvalue weighted by Crippen LogP contribution is 2.41. The van der Waals surface area contributed by atoms with Crippen LogP contribution >= 0.6 is 47.8 Å². The Kier molecular flexibility index (Phi) is 5.77. The van der Waals surface area contributed by atoms with Crippen molar-refractivity contribution in [2.75, 3.05) is 10.7 Å². The Morgan fingerprint density at radius 2 is 1.78 bits per heavy atom. The van der Waals surface area contributed by atoms with E-state index in [1.54, 1.807) is 0 Å². The lowest BCUT2D eigenvalue weighted by Gasteiger charge is -2.33. The van der Waals surface area contributed by atoms with Crippen molar-refractivity contribution >= 4 is 47.8 Å². The van der Waals surface area contributed by atoms with Gasteiger partial charge in [-0.3, -0.25) is 0 Å². The van der Waals surface area contributed by atoms with Gasteiger partial charge in [-0.2, -0.15) is 0 Å². The van der Waals surface area contributed by atoms with Crippen LogP contribution in [-0.2, 0) is 5.41 Å². The molecule has 0 bridgehead atoms. The average Bonchev–Trinajstić information content (AvgIpc) is 2.89. The van der Waals surface area contributed by atoms with E-state index in [0.29, 0.717) is 0 Å². The molecule has 0 aliphatic heterocycles. The monoisotopic (exact) mass is 436 g/mol. The van der Waals surface area contributed by atoms with E-state index in [-0.39, 0.29) is 5.41 Å². The van der Waals surface area contributed by atoms with E-state index in [0.717, 1.165) is 16.6 Å². The summed E-state index contributed by atoms with van der Waals surface area (Å²) in [7, 11) is 0. The van der Waals surface area contributed by atoms with Crippen molar-refractivity contribution in [3.8, 4) is 0 Å². The maximum atomic E-state index is 3.76. The first-order valence-corrected chi connectivity index (χ1v) is 9.62. The lowest BCUT2D eigenvalue weighted by molar-refractivity contribution is 0.379. The van der Waals surface area contributed by atoms with Gasteiger partial charge in [0.05, 0.1) is 0 Å². The highest BCUT2D eigenvalue weighted by atomic mass is 79.9. The molecule has 0 aromatic heterocycles. The molecule has 0 amide bonds. The molecular weight excluding hydrogens is 420 g/mol. The third-order valence-corrected chi connectivity index (χ3v) is 6.74. The molecule has 2 rings (SSSR count). The van der Waals surface area contributed by atoms with Gasteiger partial charge < -0.3 is 0 Å². The third-order valence-electron chi connectivity index (χ3n) is 4.10. The molecule has 1 aromatic carbocycles. The molecule has 1 saturated carbocycles. The fourth-order valence-electron chi connectivity index (χ4n) is 3.00. The van der Waals surface area contributed by atoms with Crippen LogP contribution in [0.4, 0.5) is 0 Å². The normalized spacial score (nSPS) is 17.3. The molecule has 0 N–H and O–H groups in total. The summed E-state index contributed by atoms with van der Waals surface area (Å²) in [5.74, 6) is 0.902. The van der Waals surface area contributed by atoms with Gasteiger partial charge in [-0.1, -0.05) is 85.6 Å². The minimum atomic E-state index is 0.235. The van der Waals surface area contributed by atoms with E-state index in [1.165, 1.54) is 42.1 Å². The standard InChI is InChI=1S/C15H19Br3/c16-10-15(11-17,9-12-4-1-2-5-12)13-6-3-7-14(18)8-13/h3,6-8,12H,1-2,4-5,9-11H2. The van der Waals surface area contributed by atoms with Crippen LogP contribution in [-0.4, -0.2) is 10.7 Å². The summed E-state index contributed by atoms with van der Waals surface area (Å²) < 4.78 is 1.18. The van der Waals surface area contributed by atoms with Gasteiger partial charge in [0.1, 0.15) is 0 Å². The van der Waals surface area contributed by atoms with Gasteiger partial charge in [0.25, 0.3) is 0 Å². The van der Waals surface area contributed by atoms with Crippen LogP contribution < -0.4 is 0 Å². The molecular formula is C15H19Br3. The van der Waals surface area contributed by atoms with Crippen molar-refractivity contribution in [2.45, 2.75) is 37.5 Å². The smallest absolute Gasteiger partial charge is 0.0178 e. The third kappa shape index (κ3) is 3.40. The molecule has 0 heterocycles. The highest BCUT2D eigenvalue weighted by Gasteiger charge is 2.34. The fraction of sp³-hybridized carbons (Fsp3) is 0.600. The van der Waals surface area contributed by atoms with Gasteiger partial charge in [-0.05, 0) is 30.0 Å². The second-order valence-corrected chi connectivity index (χ2v) is 7.45. The van der Waals surface area contributed by atoms with E-state index in [9.17, 15) is 0 Å². The zero-order valence-electron chi connectivity index (χ0n) is 10.5. The van der Waals surface area contributed by atoms with Crippen molar-refractivity contribution < 1.29 is 0 Å². The lowest BCUT2D eigenvalue weighted by Crippen LogP contribution is -2.32. The molecule has 1 fully saturated rings. The van der Waals surface area contributed by atoms with Gasteiger partial charge in [-0.25, -0.2) is 0 Å². The Morgan fingerprint density at radius 3 is 2.33 bits per heavy atom. The predicted octanol–water partition coefficient (Wildman–Crippen LogP) is 6.06. The summed E-state index contributed by atoms with van der Waals surface area (Å²) in [6, 6.07) is 8.79. The van der Waals surface area contributed by atoms with Crippen LogP contribution in [0.5, 0.6) is 0 Å².